The molecule has 1 N–H and O–H groups in total. The predicted molar refractivity (Wildman–Crippen MR) is 140 cm³/mol. The molecule has 0 saturated heterocycles. The molecular weight excluding hydrogens is 532 g/mol. The zero-order chi connectivity index (χ0) is 25.4. The number of hydrogen-bond donors (Lipinski definition) is 1. The lowest BCUT2D eigenvalue weighted by Crippen LogP contribution is -2.40. The number of nitrogens with zero attached hydrogens (tertiary/aromatic N) is 1. The molecule has 0 spiro atoms. The Morgan fingerprint density at radius 2 is 1.54 bits per heavy atom. The van der Waals surface area contributed by atoms with Crippen LogP contribution in [-0.2, 0) is 21.4 Å². The fraction of sp³-hybridized carbons (Fsp3) is 0.269. The largest absolute Gasteiger partial charge is 0.490 e. The van der Waals surface area contributed by atoms with Crippen LogP contribution in [0.5, 0.6) is 11.5 Å². The summed E-state index contributed by atoms with van der Waals surface area (Å²) in [6, 6.07) is 18.8. The standard InChI is InChI=1S/C26H29BrN2O5S/c1-4-33-24-15-8-20(16-25(24)34-5-2)17-28-26(30)18-29(22-11-9-21(27)10-12-22)35(31,32)23-13-6-19(3)7-14-23/h6-16H,4-5,17-18H2,1-3H3,(H,28,30). The molecule has 0 saturated carbocycles. The van der Waals surface area contributed by atoms with Gasteiger partial charge in [-0.25, -0.2) is 8.42 Å². The van der Waals surface area contributed by atoms with E-state index in [2.05, 4.69) is 21.2 Å². The monoisotopic (exact) mass is 560 g/mol. The van der Waals surface area contributed by atoms with E-state index < -0.39 is 15.9 Å². The van der Waals surface area contributed by atoms with Crippen molar-refractivity contribution in [1.82, 2.24) is 5.32 Å². The van der Waals surface area contributed by atoms with Gasteiger partial charge in [0.1, 0.15) is 6.54 Å². The summed E-state index contributed by atoms with van der Waals surface area (Å²) in [5, 5.41) is 2.81. The maximum Gasteiger partial charge on any atom is 0.264 e. The lowest BCUT2D eigenvalue weighted by molar-refractivity contribution is -0.119. The molecule has 0 fully saturated rings. The minimum absolute atomic E-state index is 0.117. The van der Waals surface area contributed by atoms with Gasteiger partial charge < -0.3 is 14.8 Å². The summed E-state index contributed by atoms with van der Waals surface area (Å²) in [5.74, 6) is 0.796. The summed E-state index contributed by atoms with van der Waals surface area (Å²) in [7, 11) is -3.97. The highest BCUT2D eigenvalue weighted by atomic mass is 79.9. The zero-order valence-corrected chi connectivity index (χ0v) is 22.4. The van der Waals surface area contributed by atoms with Crippen molar-refractivity contribution in [2.24, 2.45) is 0 Å². The van der Waals surface area contributed by atoms with Crippen LogP contribution < -0.4 is 19.1 Å². The van der Waals surface area contributed by atoms with Crippen LogP contribution in [0.15, 0.2) is 76.1 Å². The second kappa shape index (κ2) is 12.1. The average molecular weight is 561 g/mol. The Balaban J connectivity index is 1.80. The van der Waals surface area contributed by atoms with E-state index in [1.54, 1.807) is 54.6 Å². The Morgan fingerprint density at radius 1 is 0.914 bits per heavy atom. The van der Waals surface area contributed by atoms with E-state index in [9.17, 15) is 13.2 Å². The lowest BCUT2D eigenvalue weighted by atomic mass is 10.2. The number of aryl methyl sites for hydroxylation is 1. The van der Waals surface area contributed by atoms with Crippen LogP contribution in [0, 0.1) is 6.92 Å². The highest BCUT2D eigenvalue weighted by Gasteiger charge is 2.27. The fourth-order valence-electron chi connectivity index (χ4n) is 3.35. The molecule has 0 radical (unpaired) electrons. The molecule has 3 rings (SSSR count). The Kier molecular flexibility index (Phi) is 9.17. The molecule has 186 valence electrons. The summed E-state index contributed by atoms with van der Waals surface area (Å²) >= 11 is 3.36. The zero-order valence-electron chi connectivity index (χ0n) is 20.0. The van der Waals surface area contributed by atoms with Gasteiger partial charge in [0.25, 0.3) is 10.0 Å². The van der Waals surface area contributed by atoms with Crippen LogP contribution in [0.4, 0.5) is 5.69 Å². The summed E-state index contributed by atoms with van der Waals surface area (Å²) in [6.07, 6.45) is 0. The number of sulfonamides is 1. The molecule has 0 aliphatic heterocycles. The Bertz CT molecular complexity index is 1250. The topological polar surface area (TPSA) is 84.9 Å². The predicted octanol–water partition coefficient (Wildman–Crippen LogP) is 5.07. The molecule has 35 heavy (non-hydrogen) atoms. The van der Waals surface area contributed by atoms with Gasteiger partial charge >= 0.3 is 0 Å². The minimum atomic E-state index is -3.97. The molecule has 0 atom stereocenters. The van der Waals surface area contributed by atoms with Crippen LogP contribution in [0.1, 0.15) is 25.0 Å². The number of benzene rings is 3. The van der Waals surface area contributed by atoms with Gasteiger partial charge in [-0.1, -0.05) is 39.7 Å². The van der Waals surface area contributed by atoms with Gasteiger partial charge in [-0.3, -0.25) is 9.10 Å². The Labute approximate surface area is 215 Å². The van der Waals surface area contributed by atoms with Crippen LogP contribution in [-0.4, -0.2) is 34.1 Å². The van der Waals surface area contributed by atoms with E-state index >= 15 is 0 Å². The van der Waals surface area contributed by atoms with E-state index in [1.807, 2.05) is 32.9 Å². The quantitative estimate of drug-likeness (QED) is 0.354. The molecule has 0 unspecified atom stereocenters. The van der Waals surface area contributed by atoms with Crippen molar-refractivity contribution in [3.8, 4) is 11.5 Å². The van der Waals surface area contributed by atoms with Gasteiger partial charge in [-0.15, -0.1) is 0 Å². The molecule has 0 bridgehead atoms. The number of rotatable bonds is 11. The smallest absolute Gasteiger partial charge is 0.264 e. The summed E-state index contributed by atoms with van der Waals surface area (Å²) in [4.78, 5) is 13.0. The Hall–Kier alpha value is -3.04. The van der Waals surface area contributed by atoms with Crippen molar-refractivity contribution in [2.45, 2.75) is 32.2 Å². The molecular formula is C26H29BrN2O5S. The summed E-state index contributed by atoms with van der Waals surface area (Å²) in [5.41, 5.74) is 2.14. The highest BCUT2D eigenvalue weighted by Crippen LogP contribution is 2.29. The maximum atomic E-state index is 13.5. The van der Waals surface area contributed by atoms with E-state index in [0.29, 0.717) is 30.4 Å². The Morgan fingerprint density at radius 3 is 2.17 bits per heavy atom. The highest BCUT2D eigenvalue weighted by molar-refractivity contribution is 9.10. The van der Waals surface area contributed by atoms with Gasteiger partial charge in [0.15, 0.2) is 11.5 Å². The molecule has 0 aromatic heterocycles. The third-order valence-corrected chi connectivity index (χ3v) is 7.43. The molecule has 0 heterocycles. The van der Waals surface area contributed by atoms with Gasteiger partial charge in [-0.2, -0.15) is 0 Å². The number of hydrogen-bond acceptors (Lipinski definition) is 5. The van der Waals surface area contributed by atoms with Crippen molar-refractivity contribution in [1.29, 1.82) is 0 Å². The number of amides is 1. The minimum Gasteiger partial charge on any atom is -0.490 e. The molecule has 3 aromatic carbocycles. The first-order chi connectivity index (χ1) is 16.7. The van der Waals surface area contributed by atoms with Crippen LogP contribution in [0.2, 0.25) is 0 Å². The van der Waals surface area contributed by atoms with Crippen molar-refractivity contribution in [2.75, 3.05) is 24.1 Å². The first-order valence-electron chi connectivity index (χ1n) is 11.2. The van der Waals surface area contributed by atoms with Gasteiger partial charge in [-0.05, 0) is 74.9 Å². The number of carbonyl (C=O) groups is 1. The second-order valence-corrected chi connectivity index (χ2v) is 10.5. The van der Waals surface area contributed by atoms with Gasteiger partial charge in [0, 0.05) is 11.0 Å². The summed E-state index contributed by atoms with van der Waals surface area (Å²) in [6.45, 7) is 6.50. The van der Waals surface area contributed by atoms with E-state index in [4.69, 9.17) is 9.47 Å². The van der Waals surface area contributed by atoms with Crippen molar-refractivity contribution in [3.05, 3.63) is 82.3 Å². The van der Waals surface area contributed by atoms with Gasteiger partial charge in [0.05, 0.1) is 23.8 Å². The number of carbonyl (C=O) groups excluding carboxylic acids is 1. The molecule has 0 aliphatic rings. The van der Waals surface area contributed by atoms with E-state index in [-0.39, 0.29) is 18.0 Å². The van der Waals surface area contributed by atoms with Crippen molar-refractivity contribution >= 4 is 37.5 Å². The first-order valence-corrected chi connectivity index (χ1v) is 13.5. The third-order valence-electron chi connectivity index (χ3n) is 5.11. The lowest BCUT2D eigenvalue weighted by Gasteiger charge is -2.24. The fourth-order valence-corrected chi connectivity index (χ4v) is 5.04. The maximum absolute atomic E-state index is 13.5. The molecule has 0 aliphatic carbocycles. The molecule has 9 heteroatoms. The van der Waals surface area contributed by atoms with Crippen LogP contribution >= 0.6 is 15.9 Å². The van der Waals surface area contributed by atoms with Crippen LogP contribution in [0.25, 0.3) is 0 Å². The molecule has 7 nitrogen and oxygen atoms in total. The molecule has 1 amide bonds. The number of ether oxygens (including phenoxy) is 2. The van der Waals surface area contributed by atoms with E-state index in [1.165, 1.54) is 0 Å². The number of anilines is 1. The average Bonchev–Trinajstić information content (AvgIpc) is 2.84. The van der Waals surface area contributed by atoms with Crippen molar-refractivity contribution < 1.29 is 22.7 Å². The van der Waals surface area contributed by atoms with Gasteiger partial charge in [0.2, 0.25) is 5.91 Å². The summed E-state index contributed by atoms with van der Waals surface area (Å²) < 4.78 is 40.1. The number of nitrogens with one attached hydrogen (secondary N) is 1. The molecule has 3 aromatic rings. The normalized spacial score (nSPS) is 11.1. The van der Waals surface area contributed by atoms with Crippen molar-refractivity contribution in [3.63, 3.8) is 0 Å². The van der Waals surface area contributed by atoms with E-state index in [0.717, 1.165) is 19.9 Å². The third kappa shape index (κ3) is 6.99. The number of halogens is 1. The second-order valence-electron chi connectivity index (χ2n) is 7.72. The first kappa shape index (κ1) is 26.6. The van der Waals surface area contributed by atoms with Crippen LogP contribution in [0.3, 0.4) is 0 Å². The SMILES string of the molecule is CCOc1ccc(CNC(=O)CN(c2ccc(Br)cc2)S(=O)(=O)c2ccc(C)cc2)cc1OCC.